The van der Waals surface area contributed by atoms with Gasteiger partial charge in [0.1, 0.15) is 18.2 Å². The van der Waals surface area contributed by atoms with Crippen LogP contribution in [-0.2, 0) is 25.7 Å². The topological polar surface area (TPSA) is 31.4 Å². The lowest BCUT2D eigenvalue weighted by molar-refractivity contribution is -0.276. The average molecular weight is 531 g/mol. The minimum Gasteiger partial charge on any atom is -0.488 e. The molecule has 1 aromatic heterocycles. The molecule has 1 heterocycles. The highest BCUT2D eigenvalue weighted by molar-refractivity contribution is 5.84. The SMILES string of the molecule is C=CCOc1ccc(CCc2ccc3c(F)c(CCc4cc(F)c(OC(F)(F)F)c(F)c4)ccc3c2)nc1. The van der Waals surface area contributed by atoms with Gasteiger partial charge in [-0.05, 0) is 72.0 Å². The summed E-state index contributed by atoms with van der Waals surface area (Å²) in [6.07, 6.45) is -0.409. The maximum atomic E-state index is 15.2. The van der Waals surface area contributed by atoms with Crippen molar-refractivity contribution in [3.05, 3.63) is 113 Å². The van der Waals surface area contributed by atoms with Gasteiger partial charge in [0.2, 0.25) is 5.75 Å². The van der Waals surface area contributed by atoms with E-state index in [-0.39, 0.29) is 18.4 Å². The number of alkyl halides is 3. The van der Waals surface area contributed by atoms with Gasteiger partial charge in [-0.15, -0.1) is 13.2 Å². The molecule has 3 aromatic carbocycles. The van der Waals surface area contributed by atoms with E-state index in [4.69, 9.17) is 4.74 Å². The van der Waals surface area contributed by atoms with Gasteiger partial charge in [-0.1, -0.05) is 43.0 Å². The molecular formula is C29H23F6NO2. The molecule has 0 spiro atoms. The van der Waals surface area contributed by atoms with Crippen LogP contribution in [-0.4, -0.2) is 18.0 Å². The van der Waals surface area contributed by atoms with Crippen molar-refractivity contribution in [2.45, 2.75) is 32.0 Å². The number of aryl methyl sites for hydroxylation is 4. The van der Waals surface area contributed by atoms with Crippen LogP contribution in [0.2, 0.25) is 0 Å². The van der Waals surface area contributed by atoms with Crippen LogP contribution in [0.3, 0.4) is 0 Å². The van der Waals surface area contributed by atoms with Crippen molar-refractivity contribution in [1.29, 1.82) is 0 Å². The van der Waals surface area contributed by atoms with Crippen molar-refractivity contribution in [3.63, 3.8) is 0 Å². The summed E-state index contributed by atoms with van der Waals surface area (Å²) < 4.78 is 88.9. The van der Waals surface area contributed by atoms with E-state index in [1.54, 1.807) is 30.5 Å². The maximum Gasteiger partial charge on any atom is 0.573 e. The van der Waals surface area contributed by atoms with Crippen molar-refractivity contribution in [2.75, 3.05) is 6.61 Å². The highest BCUT2D eigenvalue weighted by Crippen LogP contribution is 2.30. The molecule has 0 aliphatic carbocycles. The molecular weight excluding hydrogens is 508 g/mol. The number of halogens is 6. The van der Waals surface area contributed by atoms with E-state index >= 15 is 4.39 Å². The lowest BCUT2D eigenvalue weighted by atomic mass is 9.97. The molecule has 0 unspecified atom stereocenters. The maximum absolute atomic E-state index is 15.2. The van der Waals surface area contributed by atoms with Gasteiger partial charge < -0.3 is 9.47 Å². The fraction of sp³-hybridized carbons (Fsp3) is 0.207. The highest BCUT2D eigenvalue weighted by Gasteiger charge is 2.34. The van der Waals surface area contributed by atoms with Gasteiger partial charge in [-0.3, -0.25) is 4.98 Å². The minimum absolute atomic E-state index is 0.0189. The zero-order chi connectivity index (χ0) is 27.3. The first-order valence-electron chi connectivity index (χ1n) is 11.8. The first kappa shape index (κ1) is 27.0. The van der Waals surface area contributed by atoms with Crippen LogP contribution in [0.15, 0.2) is 73.4 Å². The largest absolute Gasteiger partial charge is 0.573 e. The summed E-state index contributed by atoms with van der Waals surface area (Å²) in [6.45, 7) is 4.00. The van der Waals surface area contributed by atoms with Gasteiger partial charge in [0, 0.05) is 11.1 Å². The molecule has 0 atom stereocenters. The Morgan fingerprint density at radius 2 is 1.55 bits per heavy atom. The smallest absolute Gasteiger partial charge is 0.488 e. The van der Waals surface area contributed by atoms with Crippen LogP contribution < -0.4 is 9.47 Å². The van der Waals surface area contributed by atoms with Crippen molar-refractivity contribution < 1.29 is 35.8 Å². The normalized spacial score (nSPS) is 11.5. The number of pyridine rings is 1. The molecule has 198 valence electrons. The third-order valence-electron chi connectivity index (χ3n) is 5.89. The van der Waals surface area contributed by atoms with E-state index in [1.807, 2.05) is 24.3 Å². The van der Waals surface area contributed by atoms with Crippen molar-refractivity contribution in [1.82, 2.24) is 4.98 Å². The van der Waals surface area contributed by atoms with E-state index in [0.29, 0.717) is 41.5 Å². The summed E-state index contributed by atoms with van der Waals surface area (Å²) in [5.74, 6) is -4.26. The van der Waals surface area contributed by atoms with Crippen LogP contribution in [0.25, 0.3) is 10.8 Å². The van der Waals surface area contributed by atoms with E-state index in [0.717, 1.165) is 23.4 Å². The summed E-state index contributed by atoms with van der Waals surface area (Å²) in [6, 6.07) is 14.0. The lowest BCUT2D eigenvalue weighted by Gasteiger charge is -2.12. The number of nitrogens with zero attached hydrogens (tertiary/aromatic N) is 1. The Morgan fingerprint density at radius 1 is 0.816 bits per heavy atom. The molecule has 4 aromatic rings. The molecule has 0 radical (unpaired) electrons. The number of fused-ring (bicyclic) bond motifs is 1. The minimum atomic E-state index is -5.22. The molecule has 9 heteroatoms. The number of hydrogen-bond acceptors (Lipinski definition) is 3. The van der Waals surface area contributed by atoms with Crippen LogP contribution in [0.4, 0.5) is 26.3 Å². The van der Waals surface area contributed by atoms with Crippen LogP contribution >= 0.6 is 0 Å². The Kier molecular flexibility index (Phi) is 8.24. The number of rotatable bonds is 10. The van der Waals surface area contributed by atoms with Gasteiger partial charge in [-0.25, -0.2) is 13.2 Å². The highest BCUT2D eigenvalue weighted by atomic mass is 19.4. The monoisotopic (exact) mass is 531 g/mol. The molecule has 0 amide bonds. The second kappa shape index (κ2) is 11.6. The Morgan fingerprint density at radius 3 is 2.21 bits per heavy atom. The zero-order valence-electron chi connectivity index (χ0n) is 20.1. The van der Waals surface area contributed by atoms with Gasteiger partial charge in [0.15, 0.2) is 11.6 Å². The number of aromatic nitrogens is 1. The van der Waals surface area contributed by atoms with Gasteiger partial charge in [0.05, 0.1) is 6.20 Å². The Balaban J connectivity index is 1.41. The Hall–Kier alpha value is -4.01. The summed E-state index contributed by atoms with van der Waals surface area (Å²) in [5, 5.41) is 1.11. The van der Waals surface area contributed by atoms with Crippen LogP contribution in [0, 0.1) is 17.5 Å². The van der Waals surface area contributed by atoms with E-state index in [2.05, 4.69) is 16.3 Å². The molecule has 0 saturated carbocycles. The van der Waals surface area contributed by atoms with E-state index in [1.165, 1.54) is 0 Å². The van der Waals surface area contributed by atoms with Gasteiger partial charge in [0.25, 0.3) is 0 Å². The third kappa shape index (κ3) is 6.85. The number of ether oxygens (including phenoxy) is 2. The molecule has 0 aliphatic rings. The van der Waals surface area contributed by atoms with E-state index < -0.39 is 29.6 Å². The molecule has 0 bridgehead atoms. The van der Waals surface area contributed by atoms with Crippen LogP contribution in [0.1, 0.15) is 22.4 Å². The predicted octanol–water partition coefficient (Wildman–Crippen LogP) is 7.69. The zero-order valence-corrected chi connectivity index (χ0v) is 20.1. The summed E-state index contributed by atoms with van der Waals surface area (Å²) in [5.41, 5.74) is 2.30. The summed E-state index contributed by atoms with van der Waals surface area (Å²) in [4.78, 5) is 4.39. The number of benzene rings is 3. The fourth-order valence-corrected chi connectivity index (χ4v) is 4.06. The summed E-state index contributed by atoms with van der Waals surface area (Å²) in [7, 11) is 0. The lowest BCUT2D eigenvalue weighted by Crippen LogP contribution is -2.19. The first-order chi connectivity index (χ1) is 18.1. The molecule has 38 heavy (non-hydrogen) atoms. The fourth-order valence-electron chi connectivity index (χ4n) is 4.06. The molecule has 0 aliphatic heterocycles. The molecule has 4 rings (SSSR count). The Labute approximate surface area is 215 Å². The second-order valence-corrected chi connectivity index (χ2v) is 8.62. The summed E-state index contributed by atoms with van der Waals surface area (Å²) >= 11 is 0. The first-order valence-corrected chi connectivity index (χ1v) is 11.8. The predicted molar refractivity (Wildman–Crippen MR) is 132 cm³/mol. The van der Waals surface area contributed by atoms with Crippen molar-refractivity contribution in [2.24, 2.45) is 0 Å². The van der Waals surface area contributed by atoms with Gasteiger partial charge in [-0.2, -0.15) is 0 Å². The standard InChI is InChI=1S/C29H23F6NO2/c1-2-13-37-23-11-10-22(36-17-23)9-4-18-5-12-24-21(14-18)8-7-20(27(24)32)6-3-19-15-25(30)28(26(31)16-19)38-29(33,34)35/h2,5,7-8,10-12,14-17H,1,3-4,6,9,13H2. The van der Waals surface area contributed by atoms with Crippen molar-refractivity contribution in [3.8, 4) is 11.5 Å². The molecule has 0 fully saturated rings. The van der Waals surface area contributed by atoms with Crippen LogP contribution in [0.5, 0.6) is 11.5 Å². The van der Waals surface area contributed by atoms with E-state index in [9.17, 15) is 22.0 Å². The van der Waals surface area contributed by atoms with Crippen molar-refractivity contribution >= 4 is 10.8 Å². The number of hydrogen-bond donors (Lipinski definition) is 0. The quantitative estimate of drug-likeness (QED) is 0.155. The third-order valence-corrected chi connectivity index (χ3v) is 5.89. The molecule has 3 nitrogen and oxygen atoms in total. The Bertz CT molecular complexity index is 1410. The molecule has 0 N–H and O–H groups in total. The molecule has 0 saturated heterocycles. The average Bonchev–Trinajstić information content (AvgIpc) is 2.88. The second-order valence-electron chi connectivity index (χ2n) is 8.62. The van der Waals surface area contributed by atoms with Gasteiger partial charge >= 0.3 is 6.36 Å².